The van der Waals surface area contributed by atoms with Crippen LogP contribution >= 0.6 is 0 Å². The quantitative estimate of drug-likeness (QED) is 0.757. The van der Waals surface area contributed by atoms with E-state index < -0.39 is 17.8 Å². The third-order valence-corrected chi connectivity index (χ3v) is 2.29. The molecule has 0 saturated carbocycles. The van der Waals surface area contributed by atoms with Crippen LogP contribution in [0.3, 0.4) is 0 Å². The maximum absolute atomic E-state index is 13.1. The number of phenolic OH excluding ortho intramolecular Hbond substituents is 1. The van der Waals surface area contributed by atoms with Crippen molar-refractivity contribution < 1.29 is 24.2 Å². The first-order valence-electron chi connectivity index (χ1n) is 4.93. The molecular weight excluding hydrogens is 229 g/mol. The predicted octanol–water partition coefficient (Wildman–Crippen LogP) is 1.14. The number of aliphatic carboxylic acids is 1. The lowest BCUT2D eigenvalue weighted by molar-refractivity contribution is -0.146. The van der Waals surface area contributed by atoms with E-state index in [1.807, 2.05) is 0 Å². The monoisotopic (exact) mass is 241 g/mol. The van der Waals surface area contributed by atoms with Gasteiger partial charge in [-0.05, 0) is 24.6 Å². The van der Waals surface area contributed by atoms with Gasteiger partial charge in [-0.25, -0.2) is 9.18 Å². The molecule has 1 atom stereocenters. The van der Waals surface area contributed by atoms with Crippen LogP contribution in [0, 0.1) is 5.82 Å². The molecule has 92 valence electrons. The Balaban J connectivity index is 3.22. The zero-order valence-electron chi connectivity index (χ0n) is 9.13. The summed E-state index contributed by atoms with van der Waals surface area (Å²) >= 11 is 0. The van der Waals surface area contributed by atoms with E-state index in [1.54, 1.807) is 6.92 Å². The molecule has 2 N–H and O–H groups in total. The van der Waals surface area contributed by atoms with Crippen LogP contribution < -0.4 is 0 Å². The highest BCUT2D eigenvalue weighted by atomic mass is 19.1. The Morgan fingerprint density at radius 1 is 1.53 bits per heavy atom. The lowest BCUT2D eigenvalue weighted by Gasteiger charge is -2.23. The number of carbonyl (C=O) groups is 2. The number of carboxylic acids is 1. The Labute approximate surface area is 97.1 Å². The van der Waals surface area contributed by atoms with Gasteiger partial charge in [-0.15, -0.1) is 0 Å². The van der Waals surface area contributed by atoms with Gasteiger partial charge >= 0.3 is 5.97 Å². The van der Waals surface area contributed by atoms with E-state index in [0.717, 1.165) is 23.1 Å². The first-order chi connectivity index (χ1) is 7.99. The number of carbonyl (C=O) groups excluding carboxylic acids is 1. The van der Waals surface area contributed by atoms with Crippen LogP contribution in [0.1, 0.15) is 18.5 Å². The second-order valence-electron chi connectivity index (χ2n) is 3.42. The van der Waals surface area contributed by atoms with E-state index in [1.165, 1.54) is 0 Å². The summed E-state index contributed by atoms with van der Waals surface area (Å²) in [5, 5.41) is 18.2. The van der Waals surface area contributed by atoms with E-state index in [4.69, 9.17) is 5.11 Å². The maximum atomic E-state index is 13.1. The average Bonchev–Trinajstić information content (AvgIpc) is 2.23. The smallest absolute Gasteiger partial charge is 0.331 e. The van der Waals surface area contributed by atoms with Gasteiger partial charge in [0.05, 0.1) is 0 Å². The number of benzene rings is 1. The number of halogens is 1. The fraction of sp³-hybridized carbons (Fsp3) is 0.273. The summed E-state index contributed by atoms with van der Waals surface area (Å²) in [5.41, 5.74) is 0.0175. The molecule has 0 saturated heterocycles. The maximum Gasteiger partial charge on any atom is 0.331 e. The highest BCUT2D eigenvalue weighted by Crippen LogP contribution is 2.24. The number of amides is 1. The van der Waals surface area contributed by atoms with Crippen LogP contribution in [0.2, 0.25) is 0 Å². The Morgan fingerprint density at radius 2 is 2.18 bits per heavy atom. The highest BCUT2D eigenvalue weighted by molar-refractivity contribution is 5.78. The van der Waals surface area contributed by atoms with E-state index in [9.17, 15) is 19.1 Å². The lowest BCUT2D eigenvalue weighted by atomic mass is 10.1. The summed E-state index contributed by atoms with van der Waals surface area (Å²) in [6, 6.07) is 1.65. The minimum atomic E-state index is -1.31. The predicted molar refractivity (Wildman–Crippen MR) is 56.9 cm³/mol. The molecule has 1 amide bonds. The third-order valence-electron chi connectivity index (χ3n) is 2.29. The van der Waals surface area contributed by atoms with Crippen LogP contribution in [-0.2, 0) is 9.59 Å². The van der Waals surface area contributed by atoms with Crippen molar-refractivity contribution in [3.8, 4) is 5.75 Å². The molecule has 0 aliphatic heterocycles. The van der Waals surface area contributed by atoms with Gasteiger partial charge in [-0.3, -0.25) is 4.79 Å². The van der Waals surface area contributed by atoms with E-state index >= 15 is 0 Å². The Hall–Kier alpha value is -2.11. The lowest BCUT2D eigenvalue weighted by Crippen LogP contribution is -2.33. The standard InChI is InChI=1S/C11H12FNO4/c1-2-13(6-14)10(11(16)17)7-3-8(12)5-9(15)4-7/h3-6,10,15H,2H2,1H3,(H,16,17). The summed E-state index contributed by atoms with van der Waals surface area (Å²) in [6.07, 6.45) is 0.376. The van der Waals surface area contributed by atoms with Gasteiger partial charge in [0.15, 0.2) is 6.04 Å². The summed E-state index contributed by atoms with van der Waals surface area (Å²) in [5.74, 6) is -2.43. The van der Waals surface area contributed by atoms with Crippen molar-refractivity contribution in [2.75, 3.05) is 6.54 Å². The normalized spacial score (nSPS) is 11.9. The number of nitrogens with zero attached hydrogens (tertiary/aromatic N) is 1. The second-order valence-corrected chi connectivity index (χ2v) is 3.42. The molecular formula is C11H12FNO4. The molecule has 1 rings (SSSR count). The molecule has 17 heavy (non-hydrogen) atoms. The van der Waals surface area contributed by atoms with Crippen LogP contribution in [0.15, 0.2) is 18.2 Å². The fourth-order valence-electron chi connectivity index (χ4n) is 1.55. The van der Waals surface area contributed by atoms with Gasteiger partial charge in [0.25, 0.3) is 0 Å². The highest BCUT2D eigenvalue weighted by Gasteiger charge is 2.26. The number of hydrogen-bond acceptors (Lipinski definition) is 3. The number of carboxylic acid groups (broad SMARTS) is 1. The Morgan fingerprint density at radius 3 is 2.59 bits per heavy atom. The number of phenols is 1. The molecule has 1 unspecified atom stereocenters. The van der Waals surface area contributed by atoms with Crippen molar-refractivity contribution in [2.45, 2.75) is 13.0 Å². The second kappa shape index (κ2) is 5.29. The van der Waals surface area contributed by atoms with Gasteiger partial charge in [-0.2, -0.15) is 0 Å². The molecule has 0 aliphatic rings. The Kier molecular flexibility index (Phi) is 4.03. The minimum absolute atomic E-state index is 0.0175. The van der Waals surface area contributed by atoms with Crippen LogP contribution in [0.5, 0.6) is 5.75 Å². The van der Waals surface area contributed by atoms with Gasteiger partial charge in [-0.1, -0.05) is 0 Å². The van der Waals surface area contributed by atoms with Crippen molar-refractivity contribution in [3.05, 3.63) is 29.6 Å². The SMILES string of the molecule is CCN(C=O)C(C(=O)O)c1cc(O)cc(F)c1. The average molecular weight is 241 g/mol. The third kappa shape index (κ3) is 2.93. The number of likely N-dealkylation sites (N-methyl/N-ethyl adjacent to an activating group) is 1. The topological polar surface area (TPSA) is 77.8 Å². The molecule has 0 radical (unpaired) electrons. The molecule has 0 bridgehead atoms. The molecule has 0 aromatic heterocycles. The summed E-state index contributed by atoms with van der Waals surface area (Å²) in [6.45, 7) is 1.77. The molecule has 5 nitrogen and oxygen atoms in total. The van der Waals surface area contributed by atoms with Gasteiger partial charge in [0.1, 0.15) is 11.6 Å². The van der Waals surface area contributed by atoms with Crippen LogP contribution in [0.4, 0.5) is 4.39 Å². The van der Waals surface area contributed by atoms with E-state index in [0.29, 0.717) is 6.41 Å². The molecule has 6 heteroatoms. The molecule has 0 spiro atoms. The largest absolute Gasteiger partial charge is 0.508 e. The van der Waals surface area contributed by atoms with Gasteiger partial charge < -0.3 is 15.1 Å². The first-order valence-corrected chi connectivity index (χ1v) is 4.93. The number of hydrogen-bond donors (Lipinski definition) is 2. The summed E-state index contributed by atoms with van der Waals surface area (Å²) < 4.78 is 13.1. The first kappa shape index (κ1) is 13.0. The van der Waals surface area contributed by atoms with E-state index in [2.05, 4.69) is 0 Å². The summed E-state index contributed by atoms with van der Waals surface area (Å²) in [7, 11) is 0. The van der Waals surface area contributed by atoms with Gasteiger partial charge in [0, 0.05) is 12.6 Å². The zero-order valence-corrected chi connectivity index (χ0v) is 9.13. The molecule has 0 fully saturated rings. The van der Waals surface area contributed by atoms with E-state index in [-0.39, 0.29) is 17.9 Å². The number of aromatic hydroxyl groups is 1. The minimum Gasteiger partial charge on any atom is -0.508 e. The Bertz CT molecular complexity index is 415. The van der Waals surface area contributed by atoms with Crippen molar-refractivity contribution in [1.82, 2.24) is 4.90 Å². The molecule has 1 aromatic carbocycles. The number of rotatable bonds is 5. The molecule has 0 heterocycles. The van der Waals surface area contributed by atoms with Crippen molar-refractivity contribution in [1.29, 1.82) is 0 Å². The van der Waals surface area contributed by atoms with Crippen molar-refractivity contribution >= 4 is 12.4 Å². The van der Waals surface area contributed by atoms with Crippen LogP contribution in [-0.4, -0.2) is 34.0 Å². The fourth-order valence-corrected chi connectivity index (χ4v) is 1.55. The zero-order chi connectivity index (χ0) is 13.0. The van der Waals surface area contributed by atoms with Crippen molar-refractivity contribution in [2.24, 2.45) is 0 Å². The molecule has 0 aliphatic carbocycles. The van der Waals surface area contributed by atoms with Gasteiger partial charge in [0.2, 0.25) is 6.41 Å². The summed E-state index contributed by atoms with van der Waals surface area (Å²) in [4.78, 5) is 22.8. The van der Waals surface area contributed by atoms with Crippen LogP contribution in [0.25, 0.3) is 0 Å². The van der Waals surface area contributed by atoms with Crippen molar-refractivity contribution in [3.63, 3.8) is 0 Å². The molecule has 1 aromatic rings.